The number of rotatable bonds is 1. The summed E-state index contributed by atoms with van der Waals surface area (Å²) in [6, 6.07) is 11.1. The van der Waals surface area contributed by atoms with Gasteiger partial charge >= 0.3 is 0 Å². The molecule has 0 fully saturated rings. The molecule has 134 valence electrons. The van der Waals surface area contributed by atoms with E-state index in [-0.39, 0.29) is 0 Å². The van der Waals surface area contributed by atoms with Crippen LogP contribution in [-0.2, 0) is 25.7 Å². The lowest BCUT2D eigenvalue weighted by Crippen LogP contribution is -2.68. The molecule has 0 unspecified atom stereocenters. The van der Waals surface area contributed by atoms with E-state index in [1.165, 1.54) is 56.9 Å². The summed E-state index contributed by atoms with van der Waals surface area (Å²) in [5, 5.41) is 0. The van der Waals surface area contributed by atoms with Crippen LogP contribution in [0.1, 0.15) is 46.6 Å². The molecule has 4 rings (SSSR count). The van der Waals surface area contributed by atoms with Gasteiger partial charge in [-0.15, -0.1) is 10.2 Å². The first-order valence-corrected chi connectivity index (χ1v) is 10.7. The molecule has 2 aliphatic rings. The van der Waals surface area contributed by atoms with Gasteiger partial charge in [0.2, 0.25) is 21.1 Å². The van der Waals surface area contributed by atoms with Crippen LogP contribution >= 0.6 is 11.3 Å². The van der Waals surface area contributed by atoms with E-state index in [2.05, 4.69) is 41.7 Å². The molecule has 0 saturated heterocycles. The highest BCUT2D eigenvalue weighted by atomic mass is 35.7. The van der Waals surface area contributed by atoms with E-state index in [1.54, 1.807) is 26.4 Å². The standard InChI is InChI=1S/C19H21S.ClHO4/c1-2-8-14(9-3-1)19-15-10-4-6-12-17(15)20-18-13-7-5-11-16(18)19;2-1(3,4)5/h1-3,8-9H,4-7,10-13H2;(H,2,3,4,5)/q+1;/p-1. The Morgan fingerprint density at radius 2 is 1.12 bits per heavy atom. The van der Waals surface area contributed by atoms with Crippen LogP contribution in [0.4, 0.5) is 0 Å². The van der Waals surface area contributed by atoms with Crippen molar-refractivity contribution < 1.29 is 28.9 Å². The van der Waals surface area contributed by atoms with Gasteiger partial charge in [-0.25, -0.2) is 18.6 Å². The van der Waals surface area contributed by atoms with Gasteiger partial charge in [0.15, 0.2) is 0 Å². The average Bonchev–Trinajstić information content (AvgIpc) is 2.59. The molecule has 1 heterocycles. The van der Waals surface area contributed by atoms with Crippen molar-refractivity contribution in [1.82, 2.24) is 0 Å². The smallest absolute Gasteiger partial charge is 0.219 e. The topological polar surface area (TPSA) is 92.2 Å². The van der Waals surface area contributed by atoms with Gasteiger partial charge in [-0.2, -0.15) is 0 Å². The van der Waals surface area contributed by atoms with Crippen LogP contribution in [0.25, 0.3) is 11.1 Å². The van der Waals surface area contributed by atoms with E-state index in [1.807, 2.05) is 0 Å². The summed E-state index contributed by atoms with van der Waals surface area (Å²) in [6.07, 6.45) is 10.7. The van der Waals surface area contributed by atoms with Crippen LogP contribution in [0, 0.1) is 10.2 Å². The Morgan fingerprint density at radius 3 is 1.60 bits per heavy atom. The first-order valence-electron chi connectivity index (χ1n) is 8.60. The normalized spacial score (nSPS) is 16.3. The van der Waals surface area contributed by atoms with E-state index in [4.69, 9.17) is 18.6 Å². The molecular formula is C19H21ClO4S. The SMILES string of the molecule is [O-][Cl+3]([O-])([O-])[O-].c1ccc(-c2c3c([s+]c4c2CCCC4)CCCC3)cc1. The molecule has 1 aromatic heterocycles. The first kappa shape index (κ1) is 18.7. The maximum absolute atomic E-state index is 8.49. The monoisotopic (exact) mass is 380 g/mol. The molecule has 1 aromatic carbocycles. The fourth-order valence-corrected chi connectivity index (χ4v) is 5.24. The van der Waals surface area contributed by atoms with E-state index in [9.17, 15) is 0 Å². The van der Waals surface area contributed by atoms with Gasteiger partial charge in [0.1, 0.15) is 0 Å². The second kappa shape index (κ2) is 8.08. The lowest BCUT2D eigenvalue weighted by molar-refractivity contribution is -2.00. The van der Waals surface area contributed by atoms with E-state index < -0.39 is 10.2 Å². The molecule has 2 aromatic rings. The van der Waals surface area contributed by atoms with Crippen LogP contribution in [0.3, 0.4) is 0 Å². The molecule has 2 aliphatic carbocycles. The second-order valence-electron chi connectivity index (χ2n) is 6.44. The fraction of sp³-hybridized carbons (Fsp3) is 0.421. The molecule has 0 bridgehead atoms. The van der Waals surface area contributed by atoms with Gasteiger partial charge in [-0.05, 0) is 49.7 Å². The Kier molecular flexibility index (Phi) is 6.04. The molecule has 0 radical (unpaired) electrons. The highest BCUT2D eigenvalue weighted by Gasteiger charge is 2.31. The Hall–Kier alpha value is -1.08. The molecular weight excluding hydrogens is 360 g/mol. The summed E-state index contributed by atoms with van der Waals surface area (Å²) < 4.78 is 34.0. The molecule has 4 nitrogen and oxygen atoms in total. The third kappa shape index (κ3) is 4.97. The molecule has 0 aliphatic heterocycles. The van der Waals surface area contributed by atoms with Crippen molar-refractivity contribution in [2.24, 2.45) is 0 Å². The van der Waals surface area contributed by atoms with Crippen LogP contribution in [0.2, 0.25) is 0 Å². The Bertz CT molecular complexity index is 688. The van der Waals surface area contributed by atoms with Gasteiger partial charge in [0.25, 0.3) is 0 Å². The van der Waals surface area contributed by atoms with E-state index >= 15 is 0 Å². The third-order valence-corrected chi connectivity index (χ3v) is 6.14. The molecule has 6 heteroatoms. The van der Waals surface area contributed by atoms with Crippen molar-refractivity contribution >= 4 is 11.3 Å². The van der Waals surface area contributed by atoms with E-state index in [0.717, 1.165) is 0 Å². The van der Waals surface area contributed by atoms with Crippen LogP contribution in [0.15, 0.2) is 30.3 Å². The van der Waals surface area contributed by atoms with Crippen molar-refractivity contribution in [3.63, 3.8) is 0 Å². The summed E-state index contributed by atoms with van der Waals surface area (Å²) in [6.45, 7) is 0. The zero-order valence-electron chi connectivity index (χ0n) is 14.0. The molecule has 0 saturated carbocycles. The highest BCUT2D eigenvalue weighted by Crippen LogP contribution is 2.42. The minimum Gasteiger partial charge on any atom is -0.222 e. The first-order chi connectivity index (χ1) is 11.9. The molecule has 0 spiro atoms. The van der Waals surface area contributed by atoms with Crippen LogP contribution in [0.5, 0.6) is 0 Å². The Labute approximate surface area is 154 Å². The quantitative estimate of drug-likeness (QED) is 0.680. The van der Waals surface area contributed by atoms with Crippen molar-refractivity contribution in [1.29, 1.82) is 0 Å². The van der Waals surface area contributed by atoms with Gasteiger partial charge in [0.05, 0.1) is 0 Å². The number of aryl methyl sites for hydroxylation is 2. The molecule has 0 amide bonds. The predicted molar refractivity (Wildman–Crippen MR) is 87.4 cm³/mol. The van der Waals surface area contributed by atoms with Crippen LogP contribution in [-0.4, -0.2) is 0 Å². The summed E-state index contributed by atoms with van der Waals surface area (Å²) in [4.78, 5) is 3.38. The van der Waals surface area contributed by atoms with E-state index in [0.29, 0.717) is 0 Å². The number of fused-ring (bicyclic) bond motifs is 2. The lowest BCUT2D eigenvalue weighted by Gasteiger charge is -2.20. The van der Waals surface area contributed by atoms with Gasteiger partial charge in [-0.1, -0.05) is 30.3 Å². The summed E-state index contributed by atoms with van der Waals surface area (Å²) in [7, 11) is -4.94. The van der Waals surface area contributed by atoms with Crippen molar-refractivity contribution in [2.75, 3.05) is 0 Å². The third-order valence-electron chi connectivity index (χ3n) is 4.75. The largest absolute Gasteiger partial charge is 0.222 e. The number of halogens is 1. The minimum atomic E-state index is -4.94. The van der Waals surface area contributed by atoms with Crippen molar-refractivity contribution in [2.45, 2.75) is 51.4 Å². The molecule has 0 atom stereocenters. The van der Waals surface area contributed by atoms with Crippen molar-refractivity contribution in [3.05, 3.63) is 51.2 Å². The second-order valence-corrected chi connectivity index (χ2v) is 8.38. The number of hydrogen-bond acceptors (Lipinski definition) is 4. The Morgan fingerprint density at radius 1 is 0.680 bits per heavy atom. The Balaban J connectivity index is 0.000000324. The zero-order valence-corrected chi connectivity index (χ0v) is 15.5. The van der Waals surface area contributed by atoms with Gasteiger partial charge in [-0.3, -0.25) is 0 Å². The minimum absolute atomic E-state index is 1.29. The lowest BCUT2D eigenvalue weighted by atomic mass is 9.85. The van der Waals surface area contributed by atoms with Gasteiger partial charge < -0.3 is 0 Å². The maximum atomic E-state index is 8.49. The molecule has 25 heavy (non-hydrogen) atoms. The maximum Gasteiger partial charge on any atom is 0.219 e. The molecule has 0 N–H and O–H groups in total. The van der Waals surface area contributed by atoms with Gasteiger partial charge in [0, 0.05) is 24.0 Å². The number of hydrogen-bond donors (Lipinski definition) is 0. The predicted octanol–water partition coefficient (Wildman–Crippen LogP) is 0.698. The summed E-state index contributed by atoms with van der Waals surface area (Å²) in [5.41, 5.74) is 6.45. The van der Waals surface area contributed by atoms with Crippen LogP contribution < -0.4 is 18.6 Å². The van der Waals surface area contributed by atoms with Crippen molar-refractivity contribution in [3.8, 4) is 11.1 Å². The number of benzene rings is 1. The summed E-state index contributed by atoms with van der Waals surface area (Å²) in [5.74, 6) is 0. The average molecular weight is 381 g/mol. The fourth-order valence-electron chi connectivity index (χ4n) is 3.79. The zero-order chi connectivity index (χ0) is 17.9. The highest BCUT2D eigenvalue weighted by molar-refractivity contribution is 7.12. The summed E-state index contributed by atoms with van der Waals surface area (Å²) >= 11 is 2.14.